The van der Waals surface area contributed by atoms with E-state index in [1.165, 1.54) is 0 Å². The zero-order chi connectivity index (χ0) is 15.2. The Hall–Kier alpha value is -1.30. The van der Waals surface area contributed by atoms with Gasteiger partial charge in [0.15, 0.2) is 0 Å². The summed E-state index contributed by atoms with van der Waals surface area (Å²) in [6, 6.07) is 7.33. The molecule has 122 valence electrons. The first kappa shape index (κ1) is 18.7. The zero-order valence-electron chi connectivity index (χ0n) is 12.5. The summed E-state index contributed by atoms with van der Waals surface area (Å²) in [5, 5.41) is 2.69. The molecule has 0 saturated carbocycles. The smallest absolute Gasteiger partial charge is 0.239 e. The van der Waals surface area contributed by atoms with Crippen molar-refractivity contribution in [2.45, 2.75) is 6.42 Å². The summed E-state index contributed by atoms with van der Waals surface area (Å²) < 4.78 is 0. The third kappa shape index (κ3) is 5.48. The van der Waals surface area contributed by atoms with Gasteiger partial charge in [0.1, 0.15) is 5.88 Å². The number of anilines is 1. The Balaban J connectivity index is 0.00000242. The van der Waals surface area contributed by atoms with Crippen molar-refractivity contribution in [1.29, 1.82) is 0 Å². The zero-order valence-corrected chi connectivity index (χ0v) is 14.1. The Kier molecular flexibility index (Phi) is 7.65. The molecule has 1 N–H and O–H groups in total. The van der Waals surface area contributed by atoms with E-state index in [0.717, 1.165) is 31.7 Å². The van der Waals surface area contributed by atoms with Crippen LogP contribution in [0.3, 0.4) is 0 Å². The van der Waals surface area contributed by atoms with Gasteiger partial charge < -0.3 is 15.1 Å². The van der Waals surface area contributed by atoms with E-state index in [-0.39, 0.29) is 30.1 Å². The molecule has 0 bridgehead atoms. The van der Waals surface area contributed by atoms with E-state index in [2.05, 4.69) is 17.3 Å². The van der Waals surface area contributed by atoms with Crippen molar-refractivity contribution in [1.82, 2.24) is 9.80 Å². The predicted octanol–water partition coefficient (Wildman–Crippen LogP) is 1.60. The molecule has 7 heteroatoms. The van der Waals surface area contributed by atoms with Crippen molar-refractivity contribution in [3.8, 4) is 0 Å². The van der Waals surface area contributed by atoms with Crippen LogP contribution in [0.2, 0.25) is 0 Å². The minimum Gasteiger partial charge on any atom is -0.340 e. The lowest BCUT2D eigenvalue weighted by Gasteiger charge is -2.32. The van der Waals surface area contributed by atoms with Crippen molar-refractivity contribution in [2.24, 2.45) is 0 Å². The topological polar surface area (TPSA) is 52.6 Å². The van der Waals surface area contributed by atoms with Crippen LogP contribution in [-0.2, 0) is 16.0 Å². The van der Waals surface area contributed by atoms with Gasteiger partial charge in [0.25, 0.3) is 0 Å². The van der Waals surface area contributed by atoms with Crippen molar-refractivity contribution < 1.29 is 9.59 Å². The van der Waals surface area contributed by atoms with Crippen molar-refractivity contribution >= 4 is 41.5 Å². The Bertz CT molecular complexity index is 517. The van der Waals surface area contributed by atoms with Crippen molar-refractivity contribution in [2.75, 3.05) is 44.4 Å². The fourth-order valence-electron chi connectivity index (χ4n) is 2.30. The standard InChI is InChI=1S/C15H20ClN3O2.ClH/c1-18-5-7-19(8-6-18)15(21)10-12-3-2-4-13(9-12)17-14(20)11-16;/h2-4,9H,5-8,10-11H2,1H3,(H,17,20);1H. The van der Waals surface area contributed by atoms with Crippen LogP contribution in [0.1, 0.15) is 5.56 Å². The number of rotatable bonds is 4. The average Bonchev–Trinajstić information content (AvgIpc) is 2.48. The predicted molar refractivity (Wildman–Crippen MR) is 90.8 cm³/mol. The van der Waals surface area contributed by atoms with Crippen molar-refractivity contribution in [3.63, 3.8) is 0 Å². The summed E-state index contributed by atoms with van der Waals surface area (Å²) >= 11 is 5.46. The van der Waals surface area contributed by atoms with Gasteiger partial charge in [-0.2, -0.15) is 0 Å². The molecule has 0 spiro atoms. The lowest BCUT2D eigenvalue weighted by atomic mass is 10.1. The number of carbonyl (C=O) groups excluding carboxylic acids is 2. The number of piperazine rings is 1. The second-order valence-corrected chi connectivity index (χ2v) is 5.51. The molecule has 2 amide bonds. The maximum atomic E-state index is 12.3. The molecule has 1 fully saturated rings. The molecule has 1 saturated heterocycles. The van der Waals surface area contributed by atoms with Gasteiger partial charge in [0.2, 0.25) is 11.8 Å². The number of alkyl halides is 1. The van der Waals surface area contributed by atoms with E-state index in [0.29, 0.717) is 12.1 Å². The van der Waals surface area contributed by atoms with Crippen LogP contribution in [0, 0.1) is 0 Å². The van der Waals surface area contributed by atoms with Crippen LogP contribution >= 0.6 is 24.0 Å². The van der Waals surface area contributed by atoms with Crippen LogP contribution in [0.5, 0.6) is 0 Å². The van der Waals surface area contributed by atoms with E-state index >= 15 is 0 Å². The highest BCUT2D eigenvalue weighted by molar-refractivity contribution is 6.29. The molecular formula is C15H21Cl2N3O2. The fourth-order valence-corrected chi connectivity index (χ4v) is 2.36. The Morgan fingerprint density at radius 2 is 1.91 bits per heavy atom. The highest BCUT2D eigenvalue weighted by atomic mass is 35.5. The third-order valence-corrected chi connectivity index (χ3v) is 3.79. The normalized spacial score (nSPS) is 15.1. The highest BCUT2D eigenvalue weighted by Gasteiger charge is 2.19. The van der Waals surface area contributed by atoms with Gasteiger partial charge >= 0.3 is 0 Å². The number of nitrogens with zero attached hydrogens (tertiary/aromatic N) is 2. The highest BCUT2D eigenvalue weighted by Crippen LogP contribution is 2.13. The van der Waals surface area contributed by atoms with Crippen molar-refractivity contribution in [3.05, 3.63) is 29.8 Å². The molecule has 1 aromatic rings. The van der Waals surface area contributed by atoms with Gasteiger partial charge in [-0.05, 0) is 24.7 Å². The maximum Gasteiger partial charge on any atom is 0.239 e. The molecule has 1 aromatic carbocycles. The molecule has 22 heavy (non-hydrogen) atoms. The third-order valence-electron chi connectivity index (χ3n) is 3.54. The Morgan fingerprint density at radius 1 is 1.23 bits per heavy atom. The van der Waals surface area contributed by atoms with Crippen LogP contribution in [0.15, 0.2) is 24.3 Å². The summed E-state index contributed by atoms with van der Waals surface area (Å²) in [5.74, 6) is -0.201. The molecular weight excluding hydrogens is 325 g/mol. The van der Waals surface area contributed by atoms with Crippen LogP contribution in [0.4, 0.5) is 5.69 Å². The molecule has 1 aliphatic rings. The number of amides is 2. The summed E-state index contributed by atoms with van der Waals surface area (Å²) in [7, 11) is 2.06. The molecule has 0 unspecified atom stereocenters. The number of carbonyl (C=O) groups is 2. The lowest BCUT2D eigenvalue weighted by molar-refractivity contribution is -0.132. The molecule has 1 heterocycles. The van der Waals surface area contributed by atoms with E-state index in [1.807, 2.05) is 23.1 Å². The van der Waals surface area contributed by atoms with Crippen LogP contribution in [-0.4, -0.2) is 60.7 Å². The largest absolute Gasteiger partial charge is 0.340 e. The average molecular weight is 346 g/mol. The number of likely N-dealkylation sites (N-methyl/N-ethyl adjacent to an activating group) is 1. The van der Waals surface area contributed by atoms with Crippen LogP contribution in [0.25, 0.3) is 0 Å². The van der Waals surface area contributed by atoms with E-state index in [4.69, 9.17) is 11.6 Å². The summed E-state index contributed by atoms with van der Waals surface area (Å²) in [6.45, 7) is 3.38. The number of benzene rings is 1. The Labute approximate surface area is 142 Å². The first-order valence-corrected chi connectivity index (χ1v) is 7.53. The number of hydrogen-bond donors (Lipinski definition) is 1. The first-order chi connectivity index (χ1) is 10.1. The van der Waals surface area contributed by atoms with Crippen LogP contribution < -0.4 is 5.32 Å². The van der Waals surface area contributed by atoms with Gasteiger partial charge in [-0.1, -0.05) is 12.1 Å². The van der Waals surface area contributed by atoms with Gasteiger partial charge in [0, 0.05) is 31.9 Å². The lowest BCUT2D eigenvalue weighted by Crippen LogP contribution is -2.47. The molecule has 0 aromatic heterocycles. The monoisotopic (exact) mass is 345 g/mol. The molecule has 5 nitrogen and oxygen atoms in total. The van der Waals surface area contributed by atoms with Gasteiger partial charge in [0.05, 0.1) is 6.42 Å². The second-order valence-electron chi connectivity index (χ2n) is 5.24. The molecule has 1 aliphatic heterocycles. The van der Waals surface area contributed by atoms with E-state index in [1.54, 1.807) is 6.07 Å². The number of halogens is 2. The van der Waals surface area contributed by atoms with Gasteiger partial charge in [-0.25, -0.2) is 0 Å². The molecule has 0 aliphatic carbocycles. The fraction of sp³-hybridized carbons (Fsp3) is 0.467. The maximum absolute atomic E-state index is 12.3. The minimum absolute atomic E-state index is 0. The van der Waals surface area contributed by atoms with Gasteiger partial charge in [-0.3, -0.25) is 9.59 Å². The quantitative estimate of drug-likeness (QED) is 0.843. The first-order valence-electron chi connectivity index (χ1n) is 6.99. The number of nitrogens with one attached hydrogen (secondary N) is 1. The summed E-state index contributed by atoms with van der Waals surface area (Å²) in [5.41, 5.74) is 1.57. The number of hydrogen-bond acceptors (Lipinski definition) is 3. The van der Waals surface area contributed by atoms with E-state index < -0.39 is 0 Å². The summed E-state index contributed by atoms with van der Waals surface area (Å²) in [4.78, 5) is 27.6. The SMILES string of the molecule is CN1CCN(C(=O)Cc2cccc(NC(=O)CCl)c2)CC1.Cl. The Morgan fingerprint density at radius 3 is 2.55 bits per heavy atom. The molecule has 0 radical (unpaired) electrons. The molecule has 0 atom stereocenters. The summed E-state index contributed by atoms with van der Waals surface area (Å²) in [6.07, 6.45) is 0.355. The molecule has 2 rings (SSSR count). The minimum atomic E-state index is -0.251. The van der Waals surface area contributed by atoms with E-state index in [9.17, 15) is 9.59 Å². The second kappa shape index (κ2) is 8.98. The van der Waals surface area contributed by atoms with Gasteiger partial charge in [-0.15, -0.1) is 24.0 Å².